The van der Waals surface area contributed by atoms with Gasteiger partial charge in [0, 0.05) is 0 Å². The summed E-state index contributed by atoms with van der Waals surface area (Å²) in [5, 5.41) is 40.8. The normalized spacial score (nSPS) is 12.0. The molecule has 0 aromatic heterocycles. The van der Waals surface area contributed by atoms with Crippen molar-refractivity contribution < 1.29 is 63.2 Å². The van der Waals surface area contributed by atoms with Crippen LogP contribution in [0.2, 0.25) is 0 Å². The Hall–Kier alpha value is -2.94. The van der Waals surface area contributed by atoms with E-state index >= 15 is 0 Å². The van der Waals surface area contributed by atoms with E-state index in [-0.39, 0.29) is 59.0 Å². The molecule has 43 heavy (non-hydrogen) atoms. The Morgan fingerprint density at radius 1 is 0.488 bits per heavy atom. The average Bonchev–Trinajstić information content (AvgIpc) is 2.88. The minimum atomic E-state index is -4.83. The van der Waals surface area contributed by atoms with E-state index in [1.165, 1.54) is 0 Å². The van der Waals surface area contributed by atoms with E-state index in [1.54, 1.807) is 0 Å². The molecule has 224 valence electrons. The maximum atomic E-state index is 12.3. The van der Waals surface area contributed by atoms with E-state index in [4.69, 9.17) is 14.2 Å². The quantitative estimate of drug-likeness (QED) is 0.160. The molecule has 0 unspecified atom stereocenters. The van der Waals surface area contributed by atoms with Gasteiger partial charge in [-0.05, 0) is 66.7 Å². The summed E-state index contributed by atoms with van der Waals surface area (Å²) < 4.78 is 111. The van der Waals surface area contributed by atoms with Crippen LogP contribution in [0.15, 0.2) is 114 Å². The predicted molar refractivity (Wildman–Crippen MR) is 144 cm³/mol. The zero-order chi connectivity index (χ0) is 31.7. The summed E-state index contributed by atoms with van der Waals surface area (Å²) in [6.07, 6.45) is 0. The van der Waals surface area contributed by atoms with Crippen LogP contribution in [0.5, 0.6) is 23.0 Å². The molecular weight excluding hydrogens is 681 g/mol. The van der Waals surface area contributed by atoms with Crippen LogP contribution in [0.3, 0.4) is 0 Å². The van der Waals surface area contributed by atoms with Gasteiger partial charge in [0.25, 0.3) is 20.2 Å². The molecule has 0 heterocycles. The van der Waals surface area contributed by atoms with Gasteiger partial charge in [-0.1, -0.05) is 23.9 Å². The van der Waals surface area contributed by atoms with Crippen LogP contribution in [0.4, 0.5) is 0 Å². The molecule has 0 fully saturated rings. The molecule has 0 saturated carbocycles. The van der Waals surface area contributed by atoms with E-state index in [0.717, 1.165) is 72.8 Å². The largest absolute Gasteiger partial charge is 2.00 e. The van der Waals surface area contributed by atoms with Gasteiger partial charge in [0.15, 0.2) is 0 Å². The summed E-state index contributed by atoms with van der Waals surface area (Å²) in [5.74, 6) is -2.30. The fraction of sp³-hybridized carbons (Fsp3) is 0. The first-order valence-electron chi connectivity index (χ1n) is 10.9. The Kier molecular flexibility index (Phi) is 11.3. The summed E-state index contributed by atoms with van der Waals surface area (Å²) >= 11 is 0. The molecular formula is C24H18CaO14S4. The molecule has 14 nitrogen and oxygen atoms in total. The first-order chi connectivity index (χ1) is 19.2. The molecule has 4 rings (SSSR count). The van der Waals surface area contributed by atoms with Gasteiger partial charge in [-0.2, -0.15) is 16.8 Å². The van der Waals surface area contributed by atoms with Crippen LogP contribution in [0.25, 0.3) is 0 Å². The Balaban J connectivity index is 0.000000293. The van der Waals surface area contributed by atoms with Crippen LogP contribution >= 0.6 is 0 Å². The number of sulfone groups is 2. The number of hydrogen-bond donors (Lipinski definition) is 4. The zero-order valence-corrected chi connectivity index (χ0v) is 26.8. The number of phenolic OH excluding ortho intramolecular Hbond substituents is 2. The third kappa shape index (κ3) is 8.58. The molecule has 19 heteroatoms. The third-order valence-corrected chi connectivity index (χ3v) is 10.6. The van der Waals surface area contributed by atoms with Crippen molar-refractivity contribution in [2.45, 2.75) is 29.4 Å². The number of rotatable bonds is 6. The van der Waals surface area contributed by atoms with Crippen LogP contribution < -0.4 is 10.2 Å². The summed E-state index contributed by atoms with van der Waals surface area (Å²) in [7, 11) is -17.8. The van der Waals surface area contributed by atoms with Crippen LogP contribution in [-0.2, 0) is 39.9 Å². The second-order valence-electron chi connectivity index (χ2n) is 8.16. The second-order valence-corrected chi connectivity index (χ2v) is 14.8. The average molecular weight is 699 g/mol. The number of phenols is 2. The van der Waals surface area contributed by atoms with Crippen molar-refractivity contribution in [2.24, 2.45) is 0 Å². The molecule has 0 aliphatic carbocycles. The minimum absolute atomic E-state index is 0. The monoisotopic (exact) mass is 698 g/mol. The molecule has 0 aliphatic heterocycles. The van der Waals surface area contributed by atoms with Crippen molar-refractivity contribution in [3.63, 3.8) is 0 Å². The summed E-state index contributed by atoms with van der Waals surface area (Å²) in [6, 6.07) is 13.6. The van der Waals surface area contributed by atoms with E-state index < -0.39 is 71.0 Å². The Bertz CT molecular complexity index is 1920. The van der Waals surface area contributed by atoms with Crippen molar-refractivity contribution in [3.8, 4) is 23.0 Å². The molecule has 4 N–H and O–H groups in total. The van der Waals surface area contributed by atoms with E-state index in [2.05, 4.69) is 0 Å². The molecule has 0 spiro atoms. The van der Waals surface area contributed by atoms with Crippen LogP contribution in [-0.4, -0.2) is 90.7 Å². The molecule has 4 aromatic rings. The smallest absolute Gasteiger partial charge is 0.872 e. The first kappa shape index (κ1) is 36.3. The van der Waals surface area contributed by atoms with Gasteiger partial charge in [0.1, 0.15) is 16.4 Å². The minimum Gasteiger partial charge on any atom is -0.872 e. The molecule has 0 bridgehead atoms. The SMILES string of the molecule is O=S(=O)(O)c1cc(S(=O)(=O)c2ccc(O)cc2)ccc1O.O=S(=O)(O)c1cc(S(=O)(=O)c2ccc([O-])cc2)ccc1[O-].[Ca+2]. The number of hydrogen-bond acceptors (Lipinski definition) is 12. The van der Waals surface area contributed by atoms with Crippen molar-refractivity contribution in [1.29, 1.82) is 0 Å². The first-order valence-corrected chi connectivity index (χ1v) is 16.7. The fourth-order valence-corrected chi connectivity index (χ4v) is 7.17. The Labute approximate surface area is 275 Å². The maximum absolute atomic E-state index is 12.3. The van der Waals surface area contributed by atoms with Crippen LogP contribution in [0, 0.1) is 0 Å². The van der Waals surface area contributed by atoms with Gasteiger partial charge in [0.2, 0.25) is 19.7 Å². The van der Waals surface area contributed by atoms with E-state index in [9.17, 15) is 49.0 Å². The van der Waals surface area contributed by atoms with Crippen LogP contribution in [0.1, 0.15) is 0 Å². The Morgan fingerprint density at radius 2 is 0.860 bits per heavy atom. The summed E-state index contributed by atoms with van der Waals surface area (Å²) in [6.45, 7) is 0. The van der Waals surface area contributed by atoms with Gasteiger partial charge >= 0.3 is 37.7 Å². The number of benzene rings is 4. The Morgan fingerprint density at radius 3 is 1.30 bits per heavy atom. The molecule has 0 radical (unpaired) electrons. The van der Waals surface area contributed by atoms with E-state index in [0.29, 0.717) is 12.1 Å². The third-order valence-electron chi connectivity index (χ3n) is 5.30. The predicted octanol–water partition coefficient (Wildman–Crippen LogP) is 0.710. The molecule has 0 amide bonds. The van der Waals surface area contributed by atoms with Gasteiger partial charge in [-0.25, -0.2) is 16.8 Å². The van der Waals surface area contributed by atoms with Gasteiger partial charge in [-0.15, -0.1) is 5.75 Å². The standard InChI is InChI=1S/2C12H10O7S2.Ca/c2*13-8-1-3-9(4-2-8)20(15,16)10-5-6-11(14)12(7-10)21(17,18)19;/h2*1-7,13-14H,(H,17,18,19);/q;;+2/p-2. The van der Waals surface area contributed by atoms with Gasteiger partial charge in [-0.3, -0.25) is 9.11 Å². The molecule has 0 aliphatic rings. The summed E-state index contributed by atoms with van der Waals surface area (Å²) in [5.41, 5.74) is 0. The van der Waals surface area contributed by atoms with Crippen molar-refractivity contribution in [1.82, 2.24) is 0 Å². The fourth-order valence-electron chi connectivity index (χ4n) is 3.24. The van der Waals surface area contributed by atoms with Crippen molar-refractivity contribution in [2.75, 3.05) is 0 Å². The van der Waals surface area contributed by atoms with Gasteiger partial charge < -0.3 is 20.4 Å². The molecule has 0 atom stereocenters. The van der Waals surface area contributed by atoms with Crippen molar-refractivity contribution in [3.05, 3.63) is 84.9 Å². The second kappa shape index (κ2) is 13.4. The van der Waals surface area contributed by atoms with Gasteiger partial charge in [0.05, 0.1) is 24.5 Å². The van der Waals surface area contributed by atoms with E-state index in [1.807, 2.05) is 0 Å². The molecule has 0 saturated heterocycles. The summed E-state index contributed by atoms with van der Waals surface area (Å²) in [4.78, 5) is -3.23. The zero-order valence-electron chi connectivity index (χ0n) is 21.3. The number of aromatic hydroxyl groups is 2. The molecule has 4 aromatic carbocycles. The maximum Gasteiger partial charge on any atom is 2.00 e. The van der Waals surface area contributed by atoms with Crippen molar-refractivity contribution >= 4 is 77.6 Å². The topological polar surface area (TPSA) is 264 Å².